The Bertz CT molecular complexity index is 3590. The van der Waals surface area contributed by atoms with Gasteiger partial charge in [0.2, 0.25) is 5.91 Å². The van der Waals surface area contributed by atoms with Gasteiger partial charge in [-0.3, -0.25) is 19.2 Å². The van der Waals surface area contributed by atoms with Crippen molar-refractivity contribution in [1.82, 2.24) is 10.6 Å². The van der Waals surface area contributed by atoms with E-state index in [0.717, 1.165) is 45.1 Å². The average Bonchev–Trinajstić information content (AvgIpc) is 2.27. The molecule has 0 atom stereocenters. The number of amides is 2. The molecule has 0 saturated carbocycles. The van der Waals surface area contributed by atoms with Crippen LogP contribution in [0.4, 0.5) is 11.4 Å². The fourth-order valence-corrected chi connectivity index (χ4v) is 12.9. The second kappa shape index (κ2) is 26.4. The Labute approximate surface area is 528 Å². The first kappa shape index (κ1) is 66.1. The summed E-state index contributed by atoms with van der Waals surface area (Å²) in [6, 6.07) is 55.0. The highest BCUT2D eigenvalue weighted by Gasteiger charge is 2.41. The molecule has 0 radical (unpaired) electrons. The monoisotopic (exact) mass is 1200 g/mol. The van der Waals surface area contributed by atoms with Gasteiger partial charge in [-0.25, -0.2) is 0 Å². The molecule has 2 aliphatic carbocycles. The minimum absolute atomic E-state index is 0.0145. The maximum atomic E-state index is 12.0. The van der Waals surface area contributed by atoms with Crippen LogP contribution in [-0.4, -0.2) is 59.2 Å². The summed E-state index contributed by atoms with van der Waals surface area (Å²) in [7, 11) is 0. The lowest BCUT2D eigenvalue weighted by Gasteiger charge is -2.34. The van der Waals surface area contributed by atoms with Gasteiger partial charge in [0.25, 0.3) is 5.91 Å². The molecule has 11 heteroatoms. The molecule has 3 N–H and O–H groups in total. The second-order valence-electron chi connectivity index (χ2n) is 28.1. The minimum Gasteiger partial charge on any atom is -0.492 e. The number of thioether (sulfide) groups is 1. The van der Waals surface area contributed by atoms with Crippen molar-refractivity contribution in [3.05, 3.63) is 226 Å². The fourth-order valence-electron chi connectivity index (χ4n) is 11.6. The number of benzene rings is 7. The number of hydrogen-bond donors (Lipinski definition) is 3. The Kier molecular flexibility index (Phi) is 19.9. The number of Topliss-reactive ketones (excluding diaryl/α,β-unsaturated/α-hetero) is 2. The standard InChI is InChI=1S/2C12H14O2.C11H14N2O.C11H14.C11H12.C10H12N2O.C10H12S/c2*1-8-4-5-10-9(6-8)11(13)12(2,3)7-14-10;1-11(2)10(14)12-8-13(11)9-6-4-3-5-7-9;2*1-11(2)8-7-9-5-3-4-6-10(9)11;1-10(2)11-8-6-4-3-5-7(8)9(13)12-10;1-10(2)7-8-5-3-4-6-9(8)11-10/h2*4-6H,7H2,1-3H3;3-7H,8H2,1-2H3,(H,12,14);3-6H,7-8H2,1-2H3;3-8H,1-2H3;3-6,11H,1-2H3,(H,12,13);3-6H,7H2,1-2H3. The molecule has 0 spiro atoms. The summed E-state index contributed by atoms with van der Waals surface area (Å²) in [4.78, 5) is 50.6. The average molecular weight is 1200 g/mol. The van der Waals surface area contributed by atoms with Gasteiger partial charge in [-0.15, -0.1) is 11.8 Å². The van der Waals surface area contributed by atoms with Gasteiger partial charge in [0.15, 0.2) is 11.6 Å². The number of ketones is 2. The van der Waals surface area contributed by atoms with E-state index in [1.807, 2.05) is 172 Å². The predicted molar refractivity (Wildman–Crippen MR) is 364 cm³/mol. The Morgan fingerprint density at radius 2 is 1.03 bits per heavy atom. The summed E-state index contributed by atoms with van der Waals surface area (Å²) >= 11 is 1.99. The minimum atomic E-state index is -0.443. The lowest BCUT2D eigenvalue weighted by molar-refractivity contribution is -0.122. The van der Waals surface area contributed by atoms with Crippen LogP contribution in [0.2, 0.25) is 0 Å². The zero-order valence-corrected chi connectivity index (χ0v) is 55.6. The van der Waals surface area contributed by atoms with E-state index in [4.69, 9.17) is 9.47 Å². The van der Waals surface area contributed by atoms with Gasteiger partial charge in [-0.1, -0.05) is 174 Å². The van der Waals surface area contributed by atoms with Gasteiger partial charge in [0.05, 0.1) is 34.2 Å². The van der Waals surface area contributed by atoms with Crippen molar-refractivity contribution in [2.75, 3.05) is 30.1 Å². The molecule has 7 aromatic carbocycles. The van der Waals surface area contributed by atoms with Crippen LogP contribution < -0.4 is 30.3 Å². The molecule has 1 saturated heterocycles. The SMILES string of the molecule is CC1(C)C(=O)NCN1c1ccccc1.CC1(C)C=Cc2ccccc21.CC1(C)CCc2ccccc21.CC1(C)Cc2ccccc2S1.CC1(C)NC(=O)c2ccccc2N1.Cc1ccc2c(c1)C(=O)C(C)(C)CO2.Cc1ccc2c(c1)C(=O)C(C)(C)CO2. The van der Waals surface area contributed by atoms with Crippen molar-refractivity contribution in [2.45, 2.75) is 162 Å². The highest BCUT2D eigenvalue weighted by Crippen LogP contribution is 2.44. The van der Waals surface area contributed by atoms with E-state index in [0.29, 0.717) is 35.6 Å². The number of fused-ring (bicyclic) bond motifs is 6. The first-order chi connectivity index (χ1) is 41.3. The van der Waals surface area contributed by atoms with Crippen LogP contribution in [0.15, 0.2) is 175 Å². The topological polar surface area (TPSA) is 126 Å². The van der Waals surface area contributed by atoms with Crippen molar-refractivity contribution < 1.29 is 28.7 Å². The van der Waals surface area contributed by atoms with E-state index in [1.165, 1.54) is 40.8 Å². The number of para-hydroxylation sites is 2. The van der Waals surface area contributed by atoms with Crippen LogP contribution in [0.3, 0.4) is 0 Å². The van der Waals surface area contributed by atoms with Gasteiger partial charge in [0, 0.05) is 26.4 Å². The Morgan fingerprint density at radius 3 is 1.59 bits per heavy atom. The number of aryl methyl sites for hydroxylation is 3. The largest absolute Gasteiger partial charge is 0.492 e. The molecule has 0 unspecified atom stereocenters. The van der Waals surface area contributed by atoms with Gasteiger partial charge < -0.3 is 30.3 Å². The van der Waals surface area contributed by atoms with Gasteiger partial charge in [-0.2, -0.15) is 0 Å². The second-order valence-corrected chi connectivity index (χ2v) is 29.8. The molecule has 462 valence electrons. The van der Waals surface area contributed by atoms with E-state index < -0.39 is 5.54 Å². The van der Waals surface area contributed by atoms with Crippen LogP contribution >= 0.6 is 11.8 Å². The maximum absolute atomic E-state index is 12.0. The third-order valence-electron chi connectivity index (χ3n) is 17.0. The quantitative estimate of drug-likeness (QED) is 0.147. The Morgan fingerprint density at radius 1 is 0.511 bits per heavy atom. The van der Waals surface area contributed by atoms with Crippen LogP contribution in [0.25, 0.3) is 6.08 Å². The van der Waals surface area contributed by atoms with Gasteiger partial charge >= 0.3 is 0 Å². The molecule has 14 rings (SSSR count). The summed E-state index contributed by atoms with van der Waals surface area (Å²) in [6.07, 6.45) is 8.26. The molecule has 7 aromatic rings. The number of nitrogens with zero attached hydrogens (tertiary/aromatic N) is 1. The number of rotatable bonds is 1. The normalized spacial score (nSPS) is 19.0. The van der Waals surface area contributed by atoms with Crippen LogP contribution in [0, 0.1) is 24.7 Å². The van der Waals surface area contributed by atoms with Crippen LogP contribution in [-0.2, 0) is 28.5 Å². The first-order valence-corrected chi connectivity index (χ1v) is 31.6. The molecule has 1 fully saturated rings. The lowest BCUT2D eigenvalue weighted by Crippen LogP contribution is -2.53. The molecule has 2 amide bonds. The Hall–Kier alpha value is -7.89. The maximum Gasteiger partial charge on any atom is 0.255 e. The summed E-state index contributed by atoms with van der Waals surface area (Å²) in [5.41, 5.74) is 12.9. The summed E-state index contributed by atoms with van der Waals surface area (Å²) in [5, 5.41) is 8.94. The highest BCUT2D eigenvalue weighted by molar-refractivity contribution is 8.01. The van der Waals surface area contributed by atoms with Gasteiger partial charge in [-0.05, 0) is 176 Å². The molecule has 5 aliphatic heterocycles. The molecular formula is C77H92N4O6S. The number of allylic oxidation sites excluding steroid dienone is 1. The number of ether oxygens (including phenoxy) is 2. The number of anilines is 2. The van der Waals surface area contributed by atoms with Gasteiger partial charge in [0.1, 0.15) is 35.9 Å². The zero-order valence-electron chi connectivity index (χ0n) is 54.8. The molecule has 10 nitrogen and oxygen atoms in total. The van der Waals surface area contributed by atoms with Crippen molar-refractivity contribution in [1.29, 1.82) is 0 Å². The van der Waals surface area contributed by atoms with E-state index in [1.54, 1.807) is 11.1 Å². The van der Waals surface area contributed by atoms with E-state index in [2.05, 4.69) is 147 Å². The Balaban J connectivity index is 0.000000133. The molecule has 7 aliphatic rings. The van der Waals surface area contributed by atoms with Crippen molar-refractivity contribution in [3.63, 3.8) is 0 Å². The van der Waals surface area contributed by atoms with Crippen LogP contribution in [0.5, 0.6) is 11.5 Å². The van der Waals surface area contributed by atoms with Crippen molar-refractivity contribution in [2.24, 2.45) is 10.8 Å². The third kappa shape index (κ3) is 15.9. The molecule has 0 bridgehead atoms. The summed E-state index contributed by atoms with van der Waals surface area (Å²) in [6.45, 7) is 34.7. The predicted octanol–water partition coefficient (Wildman–Crippen LogP) is 17.1. The lowest BCUT2D eigenvalue weighted by atomic mass is 9.82. The number of carbonyl (C=O) groups excluding carboxylic acids is 4. The molecular weight excluding hydrogens is 1110 g/mol. The molecule has 0 aromatic heterocycles. The first-order valence-electron chi connectivity index (χ1n) is 30.8. The number of nitrogens with one attached hydrogen (secondary N) is 3. The summed E-state index contributed by atoms with van der Waals surface area (Å²) < 4.78 is 11.5. The van der Waals surface area contributed by atoms with E-state index in [-0.39, 0.29) is 45.3 Å². The smallest absolute Gasteiger partial charge is 0.255 e. The van der Waals surface area contributed by atoms with Crippen molar-refractivity contribution >= 4 is 52.6 Å². The van der Waals surface area contributed by atoms with Crippen molar-refractivity contribution in [3.8, 4) is 11.5 Å². The fraction of sp³-hybridized carbons (Fsp3) is 0.377. The van der Waals surface area contributed by atoms with Crippen LogP contribution in [0.1, 0.15) is 173 Å². The molecule has 88 heavy (non-hydrogen) atoms. The van der Waals surface area contributed by atoms with E-state index in [9.17, 15) is 19.2 Å². The molecule has 5 heterocycles. The zero-order chi connectivity index (χ0) is 64.0. The summed E-state index contributed by atoms with van der Waals surface area (Å²) in [5.74, 6) is 1.88. The van der Waals surface area contributed by atoms with E-state index >= 15 is 0 Å². The third-order valence-corrected chi connectivity index (χ3v) is 18.3. The number of hydrogen-bond acceptors (Lipinski definition) is 9. The number of carbonyl (C=O) groups is 4. The highest BCUT2D eigenvalue weighted by atomic mass is 32.2.